The van der Waals surface area contributed by atoms with E-state index in [1.165, 1.54) is 0 Å². The van der Waals surface area contributed by atoms with Crippen LogP contribution in [0.5, 0.6) is 17.4 Å². The number of nitrogens with two attached hydrogens (primary N) is 1. The number of halogens is 1. The predicted octanol–water partition coefficient (Wildman–Crippen LogP) is 4.34. The first kappa shape index (κ1) is 22.6. The van der Waals surface area contributed by atoms with Gasteiger partial charge in [-0.2, -0.15) is 0 Å². The fourth-order valence-corrected chi connectivity index (χ4v) is 2.71. The summed E-state index contributed by atoms with van der Waals surface area (Å²) in [5.74, 6) is 2.62. The normalized spacial score (nSPS) is 10.5. The van der Waals surface area contributed by atoms with Gasteiger partial charge in [-0.1, -0.05) is 13.8 Å². The Morgan fingerprint density at radius 1 is 0.966 bits per heavy atom. The van der Waals surface area contributed by atoms with E-state index >= 15 is 0 Å². The molecular formula is C22H28ClN3O3. The van der Waals surface area contributed by atoms with E-state index in [0.29, 0.717) is 31.6 Å². The highest BCUT2D eigenvalue weighted by atomic mass is 35.5. The number of hydrogen-bond donors (Lipinski definition) is 1. The van der Waals surface area contributed by atoms with Crippen molar-refractivity contribution in [1.29, 1.82) is 0 Å². The highest BCUT2D eigenvalue weighted by Gasteiger charge is 2.13. The van der Waals surface area contributed by atoms with E-state index in [0.717, 1.165) is 28.4 Å². The van der Waals surface area contributed by atoms with Crippen LogP contribution in [0.25, 0.3) is 16.9 Å². The minimum Gasteiger partial charge on any atom is -0.497 e. The molecule has 0 bridgehead atoms. The quantitative estimate of drug-likeness (QED) is 0.560. The van der Waals surface area contributed by atoms with Gasteiger partial charge in [0.05, 0.1) is 25.1 Å². The van der Waals surface area contributed by atoms with Gasteiger partial charge in [0.2, 0.25) is 5.88 Å². The number of hydrogen-bond acceptors (Lipinski definition) is 5. The summed E-state index contributed by atoms with van der Waals surface area (Å²) in [6, 6.07) is 17.6. The molecule has 7 heteroatoms. The molecule has 0 amide bonds. The highest BCUT2D eigenvalue weighted by molar-refractivity contribution is 5.85. The van der Waals surface area contributed by atoms with Gasteiger partial charge >= 0.3 is 0 Å². The van der Waals surface area contributed by atoms with Crippen LogP contribution in [0.4, 0.5) is 0 Å². The van der Waals surface area contributed by atoms with E-state index in [-0.39, 0.29) is 12.4 Å². The molecule has 3 aromatic rings. The lowest BCUT2D eigenvalue weighted by atomic mass is 10.1. The van der Waals surface area contributed by atoms with Crippen LogP contribution in [0.2, 0.25) is 0 Å². The Kier molecular flexibility index (Phi) is 8.36. The first-order valence-corrected chi connectivity index (χ1v) is 9.41. The standard InChI is InChI=1S/C22H27N3O3.ClH/c1-16(2)15-28-22-14-21(17-4-8-20(9-5-17)27-13-12-23)25(24-22)18-6-10-19(26-3)11-7-18;/h4-11,14,16H,12-13,15,23H2,1-3H3;1H. The van der Waals surface area contributed by atoms with Gasteiger partial charge in [-0.05, 0) is 54.4 Å². The summed E-state index contributed by atoms with van der Waals surface area (Å²) in [5, 5.41) is 4.66. The second kappa shape index (κ2) is 10.7. The SMILES string of the molecule is COc1ccc(-n2nc(OCC(C)C)cc2-c2ccc(OCCN)cc2)cc1.Cl. The minimum absolute atomic E-state index is 0. The monoisotopic (exact) mass is 417 g/mol. The maximum Gasteiger partial charge on any atom is 0.233 e. The lowest BCUT2D eigenvalue weighted by molar-refractivity contribution is 0.260. The summed E-state index contributed by atoms with van der Waals surface area (Å²) in [6.07, 6.45) is 0. The molecule has 0 fully saturated rings. The molecule has 29 heavy (non-hydrogen) atoms. The van der Waals surface area contributed by atoms with Gasteiger partial charge in [0, 0.05) is 18.2 Å². The Morgan fingerprint density at radius 3 is 2.21 bits per heavy atom. The molecule has 0 aliphatic heterocycles. The maximum atomic E-state index is 5.86. The lowest BCUT2D eigenvalue weighted by Gasteiger charge is -2.09. The molecule has 0 saturated carbocycles. The number of methoxy groups -OCH3 is 1. The summed E-state index contributed by atoms with van der Waals surface area (Å²) in [6.45, 7) is 5.83. The van der Waals surface area contributed by atoms with Crippen LogP contribution in [0, 0.1) is 5.92 Å². The van der Waals surface area contributed by atoms with Crippen LogP contribution in [-0.4, -0.2) is 36.6 Å². The topological polar surface area (TPSA) is 71.5 Å². The third-order valence-electron chi connectivity index (χ3n) is 4.11. The molecule has 0 spiro atoms. The van der Waals surface area contributed by atoms with Gasteiger partial charge in [-0.25, -0.2) is 4.68 Å². The van der Waals surface area contributed by atoms with Crippen LogP contribution in [0.3, 0.4) is 0 Å². The van der Waals surface area contributed by atoms with Crippen molar-refractivity contribution in [2.75, 3.05) is 26.9 Å². The second-order valence-corrected chi connectivity index (χ2v) is 6.84. The predicted molar refractivity (Wildman–Crippen MR) is 118 cm³/mol. The zero-order chi connectivity index (χ0) is 19.9. The Morgan fingerprint density at radius 2 is 1.62 bits per heavy atom. The van der Waals surface area contributed by atoms with E-state index in [9.17, 15) is 0 Å². The van der Waals surface area contributed by atoms with Gasteiger partial charge < -0.3 is 19.9 Å². The summed E-state index contributed by atoms with van der Waals surface area (Å²) in [5.41, 5.74) is 8.38. The largest absolute Gasteiger partial charge is 0.497 e. The van der Waals surface area contributed by atoms with Gasteiger partial charge in [0.25, 0.3) is 0 Å². The zero-order valence-corrected chi connectivity index (χ0v) is 17.8. The Bertz CT molecular complexity index is 877. The number of aromatic nitrogens is 2. The molecule has 2 aromatic carbocycles. The molecule has 0 unspecified atom stereocenters. The zero-order valence-electron chi connectivity index (χ0n) is 17.0. The summed E-state index contributed by atoms with van der Waals surface area (Å²) in [4.78, 5) is 0. The molecule has 0 aliphatic rings. The van der Waals surface area contributed by atoms with Gasteiger partial charge in [0.15, 0.2) is 0 Å². The van der Waals surface area contributed by atoms with Crippen molar-refractivity contribution >= 4 is 12.4 Å². The van der Waals surface area contributed by atoms with Crippen molar-refractivity contribution in [1.82, 2.24) is 9.78 Å². The smallest absolute Gasteiger partial charge is 0.233 e. The Hall–Kier alpha value is -2.70. The number of ether oxygens (including phenoxy) is 3. The summed E-state index contributed by atoms with van der Waals surface area (Å²) >= 11 is 0. The fourth-order valence-electron chi connectivity index (χ4n) is 2.71. The van der Waals surface area contributed by atoms with E-state index in [2.05, 4.69) is 18.9 Å². The molecule has 6 nitrogen and oxygen atoms in total. The van der Waals surface area contributed by atoms with Crippen molar-refractivity contribution in [3.63, 3.8) is 0 Å². The lowest BCUT2D eigenvalue weighted by Crippen LogP contribution is -2.10. The molecule has 0 saturated heterocycles. The average Bonchev–Trinajstić information content (AvgIpc) is 3.15. The van der Waals surface area contributed by atoms with Gasteiger partial charge in [0.1, 0.15) is 18.1 Å². The van der Waals surface area contributed by atoms with Crippen molar-refractivity contribution in [3.05, 3.63) is 54.6 Å². The van der Waals surface area contributed by atoms with Crippen LogP contribution in [-0.2, 0) is 0 Å². The van der Waals surface area contributed by atoms with E-state index in [4.69, 9.17) is 19.9 Å². The van der Waals surface area contributed by atoms with Crippen LogP contribution >= 0.6 is 12.4 Å². The highest BCUT2D eigenvalue weighted by Crippen LogP contribution is 2.29. The summed E-state index contributed by atoms with van der Waals surface area (Å²) < 4.78 is 18.6. The Balaban J connectivity index is 0.00000300. The average molecular weight is 418 g/mol. The van der Waals surface area contributed by atoms with Crippen molar-refractivity contribution in [2.24, 2.45) is 11.7 Å². The molecule has 1 aromatic heterocycles. The second-order valence-electron chi connectivity index (χ2n) is 6.84. The van der Waals surface area contributed by atoms with Crippen molar-refractivity contribution in [2.45, 2.75) is 13.8 Å². The Labute approximate surface area is 178 Å². The molecule has 2 N–H and O–H groups in total. The maximum absolute atomic E-state index is 5.86. The fraction of sp³-hybridized carbons (Fsp3) is 0.318. The molecule has 0 aliphatic carbocycles. The van der Waals surface area contributed by atoms with E-state index in [1.807, 2.05) is 59.3 Å². The first-order chi connectivity index (χ1) is 13.6. The molecule has 1 heterocycles. The van der Waals surface area contributed by atoms with Gasteiger partial charge in [-0.3, -0.25) is 0 Å². The number of nitrogens with zero attached hydrogens (tertiary/aromatic N) is 2. The van der Waals surface area contributed by atoms with Crippen LogP contribution in [0.15, 0.2) is 54.6 Å². The number of benzene rings is 2. The molecule has 0 radical (unpaired) electrons. The number of rotatable bonds is 9. The minimum atomic E-state index is 0. The first-order valence-electron chi connectivity index (χ1n) is 9.41. The van der Waals surface area contributed by atoms with Gasteiger partial charge in [-0.15, -0.1) is 17.5 Å². The molecule has 0 atom stereocenters. The van der Waals surface area contributed by atoms with Crippen molar-refractivity contribution < 1.29 is 14.2 Å². The molecule has 156 valence electrons. The van der Waals surface area contributed by atoms with E-state index < -0.39 is 0 Å². The third-order valence-corrected chi connectivity index (χ3v) is 4.11. The van der Waals surface area contributed by atoms with Crippen molar-refractivity contribution in [3.8, 4) is 34.3 Å². The van der Waals surface area contributed by atoms with Crippen LogP contribution in [0.1, 0.15) is 13.8 Å². The summed E-state index contributed by atoms with van der Waals surface area (Å²) in [7, 11) is 1.65. The van der Waals surface area contributed by atoms with E-state index in [1.54, 1.807) is 7.11 Å². The van der Waals surface area contributed by atoms with Crippen LogP contribution < -0.4 is 19.9 Å². The molecule has 3 rings (SSSR count). The molecular weight excluding hydrogens is 390 g/mol. The third kappa shape index (κ3) is 5.89.